The quantitative estimate of drug-likeness (QED) is 0.353. The molecule has 158 valence electrons. The lowest BCUT2D eigenvalue weighted by atomic mass is 10.2. The maximum absolute atomic E-state index is 13.2. The van der Waals surface area contributed by atoms with Crippen LogP contribution in [0.5, 0.6) is 23.0 Å². The molecular formula is C24H18ClFO5. The molecule has 0 radical (unpaired) electrons. The van der Waals surface area contributed by atoms with Crippen molar-refractivity contribution in [1.82, 2.24) is 0 Å². The molecule has 0 N–H and O–H groups in total. The van der Waals surface area contributed by atoms with E-state index >= 15 is 0 Å². The molecule has 0 saturated carbocycles. The Labute approximate surface area is 182 Å². The minimum Gasteiger partial charge on any atom is -0.497 e. The molecule has 1 aromatic heterocycles. The summed E-state index contributed by atoms with van der Waals surface area (Å²) < 4.78 is 35.6. The van der Waals surface area contributed by atoms with Gasteiger partial charge in [0, 0.05) is 11.6 Å². The number of rotatable bonds is 6. The van der Waals surface area contributed by atoms with Crippen LogP contribution in [0, 0.1) is 12.7 Å². The Bertz CT molecular complexity index is 1300. The Morgan fingerprint density at radius 3 is 2.39 bits per heavy atom. The monoisotopic (exact) mass is 440 g/mol. The molecule has 4 aromatic rings. The van der Waals surface area contributed by atoms with Crippen LogP contribution in [0.25, 0.3) is 11.0 Å². The van der Waals surface area contributed by atoms with Gasteiger partial charge in [0.2, 0.25) is 11.2 Å². The van der Waals surface area contributed by atoms with Gasteiger partial charge in [-0.05, 0) is 55.5 Å². The molecule has 0 spiro atoms. The van der Waals surface area contributed by atoms with E-state index in [0.29, 0.717) is 39.5 Å². The van der Waals surface area contributed by atoms with Crippen LogP contribution in [-0.4, -0.2) is 7.11 Å². The van der Waals surface area contributed by atoms with Gasteiger partial charge in [0.1, 0.15) is 41.0 Å². The second-order valence-electron chi connectivity index (χ2n) is 6.78. The standard InChI is InChI=1S/C24H18ClFO5/c1-14-24(31-18-7-5-17(28-2)6-8-18)23(27)20-10-9-19(12-22(20)30-14)29-13-15-3-4-16(26)11-21(15)25/h3-12H,13H2,1-2H3. The summed E-state index contributed by atoms with van der Waals surface area (Å²) in [4.78, 5) is 12.9. The fraction of sp³-hybridized carbons (Fsp3) is 0.125. The SMILES string of the molecule is COc1ccc(Oc2c(C)oc3cc(OCc4ccc(F)cc4Cl)ccc3c2=O)cc1. The molecule has 0 amide bonds. The largest absolute Gasteiger partial charge is 0.497 e. The fourth-order valence-corrected chi connectivity index (χ4v) is 3.26. The third-order valence-electron chi connectivity index (χ3n) is 4.68. The van der Waals surface area contributed by atoms with Gasteiger partial charge >= 0.3 is 0 Å². The summed E-state index contributed by atoms with van der Waals surface area (Å²) in [6, 6.07) is 15.9. The Morgan fingerprint density at radius 1 is 0.968 bits per heavy atom. The molecule has 0 unspecified atom stereocenters. The number of ether oxygens (including phenoxy) is 3. The number of halogens is 2. The minimum atomic E-state index is -0.413. The molecule has 31 heavy (non-hydrogen) atoms. The summed E-state index contributed by atoms with van der Waals surface area (Å²) in [5, 5.41) is 0.643. The number of hydrogen-bond donors (Lipinski definition) is 0. The molecule has 7 heteroatoms. The first kappa shape index (κ1) is 20.8. The van der Waals surface area contributed by atoms with Crippen molar-refractivity contribution in [2.45, 2.75) is 13.5 Å². The predicted molar refractivity (Wildman–Crippen MR) is 116 cm³/mol. The van der Waals surface area contributed by atoms with Crippen LogP contribution in [0.2, 0.25) is 5.02 Å². The smallest absolute Gasteiger partial charge is 0.235 e. The van der Waals surface area contributed by atoms with Gasteiger partial charge in [0.15, 0.2) is 0 Å². The third-order valence-corrected chi connectivity index (χ3v) is 5.03. The average molecular weight is 441 g/mol. The van der Waals surface area contributed by atoms with Crippen LogP contribution in [-0.2, 0) is 6.61 Å². The zero-order valence-corrected chi connectivity index (χ0v) is 17.5. The Balaban J connectivity index is 1.59. The van der Waals surface area contributed by atoms with Gasteiger partial charge in [-0.3, -0.25) is 4.79 Å². The van der Waals surface area contributed by atoms with Gasteiger partial charge < -0.3 is 18.6 Å². The van der Waals surface area contributed by atoms with E-state index in [0.717, 1.165) is 0 Å². The highest BCUT2D eigenvalue weighted by atomic mass is 35.5. The van der Waals surface area contributed by atoms with Crippen molar-refractivity contribution in [1.29, 1.82) is 0 Å². The average Bonchev–Trinajstić information content (AvgIpc) is 2.76. The van der Waals surface area contributed by atoms with Crippen LogP contribution >= 0.6 is 11.6 Å². The summed E-state index contributed by atoms with van der Waals surface area (Å²) in [6.07, 6.45) is 0. The molecular weight excluding hydrogens is 423 g/mol. The summed E-state index contributed by atoms with van der Waals surface area (Å²) >= 11 is 6.03. The zero-order valence-electron chi connectivity index (χ0n) is 16.8. The molecule has 5 nitrogen and oxygen atoms in total. The molecule has 0 aliphatic heterocycles. The van der Waals surface area contributed by atoms with E-state index in [4.69, 9.17) is 30.2 Å². The van der Waals surface area contributed by atoms with E-state index in [1.165, 1.54) is 12.1 Å². The third kappa shape index (κ3) is 4.49. The van der Waals surface area contributed by atoms with Gasteiger partial charge in [-0.25, -0.2) is 4.39 Å². The lowest BCUT2D eigenvalue weighted by Gasteiger charge is -2.11. The maximum Gasteiger partial charge on any atom is 0.235 e. The van der Waals surface area contributed by atoms with Crippen LogP contribution in [0.1, 0.15) is 11.3 Å². The van der Waals surface area contributed by atoms with Gasteiger partial charge in [-0.2, -0.15) is 0 Å². The first-order valence-electron chi connectivity index (χ1n) is 9.40. The van der Waals surface area contributed by atoms with Crippen LogP contribution < -0.4 is 19.6 Å². The maximum atomic E-state index is 13.2. The Morgan fingerprint density at radius 2 is 1.68 bits per heavy atom. The molecule has 0 aliphatic carbocycles. The summed E-state index contributed by atoms with van der Waals surface area (Å²) in [5.74, 6) is 1.70. The molecule has 4 rings (SSSR count). The van der Waals surface area contributed by atoms with E-state index < -0.39 is 5.82 Å². The minimum absolute atomic E-state index is 0.115. The fourth-order valence-electron chi connectivity index (χ4n) is 3.04. The van der Waals surface area contributed by atoms with E-state index in [1.807, 2.05) is 0 Å². The van der Waals surface area contributed by atoms with Crippen molar-refractivity contribution in [2.75, 3.05) is 7.11 Å². The molecule has 0 bridgehead atoms. The topological polar surface area (TPSA) is 57.9 Å². The second kappa shape index (κ2) is 8.70. The number of aryl methyl sites for hydroxylation is 1. The summed E-state index contributed by atoms with van der Waals surface area (Å²) in [6.45, 7) is 1.80. The molecule has 0 aliphatic rings. The number of benzene rings is 3. The van der Waals surface area contributed by atoms with Crippen molar-refractivity contribution >= 4 is 22.6 Å². The van der Waals surface area contributed by atoms with Gasteiger partial charge in [-0.1, -0.05) is 17.7 Å². The lowest BCUT2D eigenvalue weighted by Crippen LogP contribution is -2.07. The van der Waals surface area contributed by atoms with Crippen molar-refractivity contribution in [2.24, 2.45) is 0 Å². The number of hydrogen-bond acceptors (Lipinski definition) is 5. The lowest BCUT2D eigenvalue weighted by molar-refractivity contribution is 0.306. The highest BCUT2D eigenvalue weighted by molar-refractivity contribution is 6.31. The van der Waals surface area contributed by atoms with Crippen LogP contribution in [0.3, 0.4) is 0 Å². The zero-order chi connectivity index (χ0) is 22.0. The predicted octanol–water partition coefficient (Wildman–Crippen LogP) is 6.27. The van der Waals surface area contributed by atoms with Gasteiger partial charge in [-0.15, -0.1) is 0 Å². The second-order valence-corrected chi connectivity index (χ2v) is 7.18. The Kier molecular flexibility index (Phi) is 5.82. The number of methoxy groups -OCH3 is 1. The Hall–Kier alpha value is -3.51. The molecule has 0 atom stereocenters. The highest BCUT2D eigenvalue weighted by Gasteiger charge is 2.15. The molecule has 1 heterocycles. The van der Waals surface area contributed by atoms with Crippen LogP contribution in [0.4, 0.5) is 4.39 Å². The summed E-state index contributed by atoms with van der Waals surface area (Å²) in [5.41, 5.74) is 0.721. The summed E-state index contributed by atoms with van der Waals surface area (Å²) in [7, 11) is 1.57. The number of fused-ring (bicyclic) bond motifs is 1. The van der Waals surface area contributed by atoms with Gasteiger partial charge in [0.05, 0.1) is 17.5 Å². The molecule has 0 fully saturated rings. The van der Waals surface area contributed by atoms with Gasteiger partial charge in [0.25, 0.3) is 0 Å². The molecule has 0 saturated heterocycles. The van der Waals surface area contributed by atoms with E-state index in [2.05, 4.69) is 0 Å². The van der Waals surface area contributed by atoms with Crippen LogP contribution in [0.15, 0.2) is 69.9 Å². The van der Waals surface area contributed by atoms with Crippen molar-refractivity contribution in [3.63, 3.8) is 0 Å². The van der Waals surface area contributed by atoms with Crippen molar-refractivity contribution in [3.8, 4) is 23.0 Å². The molecule has 3 aromatic carbocycles. The first-order valence-corrected chi connectivity index (χ1v) is 9.78. The normalized spacial score (nSPS) is 10.8. The highest BCUT2D eigenvalue weighted by Crippen LogP contribution is 2.29. The van der Waals surface area contributed by atoms with Crippen molar-refractivity contribution in [3.05, 3.63) is 93.1 Å². The van der Waals surface area contributed by atoms with E-state index in [-0.39, 0.29) is 22.8 Å². The van der Waals surface area contributed by atoms with Crippen molar-refractivity contribution < 1.29 is 23.0 Å². The first-order chi connectivity index (χ1) is 14.9. The van der Waals surface area contributed by atoms with E-state index in [9.17, 15) is 9.18 Å². The van der Waals surface area contributed by atoms with E-state index in [1.54, 1.807) is 62.6 Å².